The van der Waals surface area contributed by atoms with Crippen LogP contribution in [0.1, 0.15) is 25.3 Å². The smallest absolute Gasteiger partial charge is 0.407 e. The molecule has 138 valence electrons. The van der Waals surface area contributed by atoms with Crippen molar-refractivity contribution >= 4 is 11.8 Å². The second kappa shape index (κ2) is 8.56. The SMILES string of the molecule is CCOc1ccc(NC2CC(NC(=O)OCc3ccccc3)C2)cc1F. The van der Waals surface area contributed by atoms with Gasteiger partial charge >= 0.3 is 6.09 Å². The van der Waals surface area contributed by atoms with Crippen LogP contribution < -0.4 is 15.4 Å². The molecule has 0 bridgehead atoms. The number of hydrogen-bond donors (Lipinski definition) is 2. The summed E-state index contributed by atoms with van der Waals surface area (Å²) >= 11 is 0. The summed E-state index contributed by atoms with van der Waals surface area (Å²) in [4.78, 5) is 11.8. The Hall–Kier alpha value is -2.76. The zero-order chi connectivity index (χ0) is 18.4. The van der Waals surface area contributed by atoms with E-state index < -0.39 is 6.09 Å². The number of amides is 1. The Bertz CT molecular complexity index is 733. The van der Waals surface area contributed by atoms with E-state index in [1.807, 2.05) is 37.3 Å². The third kappa shape index (κ3) is 4.88. The maximum Gasteiger partial charge on any atom is 0.407 e. The molecule has 0 aromatic heterocycles. The van der Waals surface area contributed by atoms with E-state index in [2.05, 4.69) is 10.6 Å². The molecule has 0 saturated heterocycles. The van der Waals surface area contributed by atoms with Gasteiger partial charge in [0, 0.05) is 23.8 Å². The van der Waals surface area contributed by atoms with Crippen molar-refractivity contribution in [3.05, 3.63) is 59.9 Å². The van der Waals surface area contributed by atoms with Crippen LogP contribution >= 0.6 is 0 Å². The number of rotatable bonds is 7. The largest absolute Gasteiger partial charge is 0.491 e. The Morgan fingerprint density at radius 3 is 2.62 bits per heavy atom. The molecule has 0 radical (unpaired) electrons. The summed E-state index contributed by atoms with van der Waals surface area (Å²) in [6.07, 6.45) is 1.13. The molecule has 1 saturated carbocycles. The van der Waals surface area contributed by atoms with Crippen LogP contribution in [0.3, 0.4) is 0 Å². The number of nitrogens with one attached hydrogen (secondary N) is 2. The van der Waals surface area contributed by atoms with Crippen LogP contribution in [0.5, 0.6) is 5.75 Å². The zero-order valence-corrected chi connectivity index (χ0v) is 14.7. The van der Waals surface area contributed by atoms with Gasteiger partial charge in [0.15, 0.2) is 11.6 Å². The first kappa shape index (κ1) is 18.0. The first-order valence-electron chi connectivity index (χ1n) is 8.80. The van der Waals surface area contributed by atoms with Gasteiger partial charge in [-0.25, -0.2) is 9.18 Å². The minimum absolute atomic E-state index is 0.0725. The van der Waals surface area contributed by atoms with Crippen LogP contribution in [-0.2, 0) is 11.3 Å². The summed E-state index contributed by atoms with van der Waals surface area (Å²) < 4.78 is 24.2. The molecule has 2 aromatic carbocycles. The fraction of sp³-hybridized carbons (Fsp3) is 0.350. The quantitative estimate of drug-likeness (QED) is 0.783. The number of ether oxygens (including phenoxy) is 2. The fourth-order valence-corrected chi connectivity index (χ4v) is 2.88. The van der Waals surface area contributed by atoms with Crippen LogP contribution in [0.4, 0.5) is 14.9 Å². The third-order valence-corrected chi connectivity index (χ3v) is 4.28. The van der Waals surface area contributed by atoms with Crippen molar-refractivity contribution in [3.63, 3.8) is 0 Å². The molecule has 2 aromatic rings. The van der Waals surface area contributed by atoms with Crippen molar-refractivity contribution in [3.8, 4) is 5.75 Å². The van der Waals surface area contributed by atoms with Gasteiger partial charge in [-0.2, -0.15) is 0 Å². The van der Waals surface area contributed by atoms with Crippen molar-refractivity contribution in [1.82, 2.24) is 5.32 Å². The molecule has 0 spiro atoms. The van der Waals surface area contributed by atoms with E-state index >= 15 is 0 Å². The van der Waals surface area contributed by atoms with Gasteiger partial charge in [0.2, 0.25) is 0 Å². The molecule has 0 unspecified atom stereocenters. The Morgan fingerprint density at radius 1 is 1.15 bits per heavy atom. The second-order valence-electron chi connectivity index (χ2n) is 6.29. The molecule has 3 rings (SSSR count). The summed E-state index contributed by atoms with van der Waals surface area (Å²) in [6, 6.07) is 14.7. The highest BCUT2D eigenvalue weighted by molar-refractivity contribution is 5.67. The molecule has 2 N–H and O–H groups in total. The summed E-state index contributed by atoms with van der Waals surface area (Å²) in [5.74, 6) is -0.122. The Morgan fingerprint density at radius 2 is 1.92 bits per heavy atom. The average molecular weight is 358 g/mol. The van der Waals surface area contributed by atoms with Crippen LogP contribution in [0.2, 0.25) is 0 Å². The number of anilines is 1. The van der Waals surface area contributed by atoms with Gasteiger partial charge in [-0.05, 0) is 37.5 Å². The normalized spacial score (nSPS) is 18.5. The summed E-state index contributed by atoms with van der Waals surface area (Å²) in [5, 5.41) is 6.11. The highest BCUT2D eigenvalue weighted by atomic mass is 19.1. The summed E-state index contributed by atoms with van der Waals surface area (Å²) in [6.45, 7) is 2.50. The number of carbonyl (C=O) groups is 1. The highest BCUT2D eigenvalue weighted by Crippen LogP contribution is 2.27. The Balaban J connectivity index is 1.37. The highest BCUT2D eigenvalue weighted by Gasteiger charge is 2.30. The topological polar surface area (TPSA) is 59.6 Å². The lowest BCUT2D eigenvalue weighted by atomic mass is 9.86. The van der Waals surface area contributed by atoms with Gasteiger partial charge in [0.1, 0.15) is 6.61 Å². The van der Waals surface area contributed by atoms with E-state index in [0.717, 1.165) is 18.4 Å². The van der Waals surface area contributed by atoms with Gasteiger partial charge in [-0.15, -0.1) is 0 Å². The molecule has 1 fully saturated rings. The molecular formula is C20H23FN2O3. The standard InChI is InChI=1S/C20H23FN2O3/c1-2-25-19-9-8-15(12-18(19)21)22-16-10-17(11-16)23-20(24)26-13-14-6-4-3-5-7-14/h3-9,12,16-17,22H,2,10-11,13H2,1H3,(H,23,24). The van der Waals surface area contributed by atoms with Crippen LogP contribution in [-0.4, -0.2) is 24.8 Å². The van der Waals surface area contributed by atoms with Gasteiger partial charge in [-0.3, -0.25) is 0 Å². The molecular weight excluding hydrogens is 335 g/mol. The van der Waals surface area contributed by atoms with Crippen LogP contribution in [0.15, 0.2) is 48.5 Å². The third-order valence-electron chi connectivity index (χ3n) is 4.28. The van der Waals surface area contributed by atoms with Crippen molar-refractivity contribution in [2.75, 3.05) is 11.9 Å². The minimum atomic E-state index is -0.413. The van der Waals surface area contributed by atoms with Gasteiger partial charge in [0.05, 0.1) is 6.61 Å². The molecule has 5 nitrogen and oxygen atoms in total. The number of alkyl carbamates (subject to hydrolysis) is 1. The van der Waals surface area contributed by atoms with Crippen molar-refractivity contribution < 1.29 is 18.7 Å². The number of carbonyl (C=O) groups excluding carboxylic acids is 1. The predicted molar refractivity (Wildman–Crippen MR) is 97.8 cm³/mol. The van der Waals surface area contributed by atoms with Crippen LogP contribution in [0.25, 0.3) is 0 Å². The Kier molecular flexibility index (Phi) is 5.94. The lowest BCUT2D eigenvalue weighted by Gasteiger charge is -2.36. The predicted octanol–water partition coefficient (Wildman–Crippen LogP) is 4.09. The van der Waals surface area contributed by atoms with Gasteiger partial charge in [0.25, 0.3) is 0 Å². The number of hydrogen-bond acceptors (Lipinski definition) is 4. The summed E-state index contributed by atoms with van der Waals surface area (Å²) in [5.41, 5.74) is 1.66. The molecule has 1 aliphatic carbocycles. The van der Waals surface area contributed by atoms with E-state index in [-0.39, 0.29) is 30.3 Å². The second-order valence-corrected chi connectivity index (χ2v) is 6.29. The molecule has 1 amide bonds. The van der Waals surface area contributed by atoms with Gasteiger partial charge < -0.3 is 20.1 Å². The van der Waals surface area contributed by atoms with Crippen molar-refractivity contribution in [2.24, 2.45) is 0 Å². The van der Waals surface area contributed by atoms with E-state index in [1.165, 1.54) is 6.07 Å². The molecule has 26 heavy (non-hydrogen) atoms. The molecule has 1 aliphatic rings. The Labute approximate surface area is 152 Å². The lowest BCUT2D eigenvalue weighted by molar-refractivity contribution is 0.129. The molecule has 0 atom stereocenters. The molecule has 0 aliphatic heterocycles. The molecule has 0 heterocycles. The maximum absolute atomic E-state index is 13.8. The van der Waals surface area contributed by atoms with Crippen molar-refractivity contribution in [2.45, 2.75) is 38.5 Å². The monoisotopic (exact) mass is 358 g/mol. The van der Waals surface area contributed by atoms with E-state index in [0.29, 0.717) is 12.3 Å². The lowest BCUT2D eigenvalue weighted by Crippen LogP contribution is -2.49. The fourth-order valence-electron chi connectivity index (χ4n) is 2.88. The summed E-state index contributed by atoms with van der Waals surface area (Å²) in [7, 11) is 0. The van der Waals surface area contributed by atoms with Gasteiger partial charge in [-0.1, -0.05) is 30.3 Å². The van der Waals surface area contributed by atoms with E-state index in [9.17, 15) is 9.18 Å². The maximum atomic E-state index is 13.8. The molecule has 6 heteroatoms. The average Bonchev–Trinajstić information content (AvgIpc) is 2.61. The zero-order valence-electron chi connectivity index (χ0n) is 14.7. The first-order chi connectivity index (χ1) is 12.6. The van der Waals surface area contributed by atoms with E-state index in [4.69, 9.17) is 9.47 Å². The first-order valence-corrected chi connectivity index (χ1v) is 8.80. The van der Waals surface area contributed by atoms with Crippen molar-refractivity contribution in [1.29, 1.82) is 0 Å². The number of benzene rings is 2. The minimum Gasteiger partial charge on any atom is -0.491 e. The van der Waals surface area contributed by atoms with Crippen LogP contribution in [0, 0.1) is 5.82 Å². The van der Waals surface area contributed by atoms with E-state index in [1.54, 1.807) is 12.1 Å². The number of halogens is 1.